The minimum atomic E-state index is -4.03. The molecule has 1 saturated carbocycles. The molecule has 9 nitrogen and oxygen atoms in total. The predicted octanol–water partition coefficient (Wildman–Crippen LogP) is 0.635. The molecule has 0 atom stereocenters. The van der Waals surface area contributed by atoms with Crippen LogP contribution < -0.4 is 44.3 Å². The molecule has 2 aliphatic rings. The number of urea groups is 1. The van der Waals surface area contributed by atoms with Gasteiger partial charge in [-0.25, -0.2) is 17.9 Å². The second-order valence-corrected chi connectivity index (χ2v) is 11.8. The molecule has 2 N–H and O–H groups in total. The van der Waals surface area contributed by atoms with Crippen LogP contribution in [0.4, 0.5) is 4.79 Å². The third kappa shape index (κ3) is 6.42. The first kappa shape index (κ1) is 30.1. The molecule has 0 saturated heterocycles. The third-order valence-electron chi connectivity index (χ3n) is 7.18. The van der Waals surface area contributed by atoms with Crippen LogP contribution in [0.1, 0.15) is 68.9 Å². The van der Waals surface area contributed by atoms with Gasteiger partial charge in [-0.15, -0.1) is 0 Å². The number of rotatable bonds is 7. The minimum absolute atomic E-state index is 0. The standard InChI is InChI=1S/C27H33N3O6S.Na.H/c1-27(2)23-14-11-20(36-3)17-22(23)24(31)30(25(27)32)16-15-18-9-12-21(13-10-18)37(34,35)29-26(33)28-19-7-5-4-6-8-19;;/h9-14,17,19H,4-8,15-16H2,1-3H3,(H2,28,29,33);;/q;+1;-1. The summed E-state index contributed by atoms with van der Waals surface area (Å²) in [5.74, 6) is -0.136. The van der Waals surface area contributed by atoms with Gasteiger partial charge >= 0.3 is 35.6 Å². The van der Waals surface area contributed by atoms with E-state index in [9.17, 15) is 22.8 Å². The summed E-state index contributed by atoms with van der Waals surface area (Å²) in [6, 6.07) is 10.5. The minimum Gasteiger partial charge on any atom is -1.00 e. The molecule has 0 radical (unpaired) electrons. The van der Waals surface area contributed by atoms with Crippen molar-refractivity contribution in [3.63, 3.8) is 0 Å². The van der Waals surface area contributed by atoms with E-state index in [1.54, 1.807) is 44.2 Å². The van der Waals surface area contributed by atoms with Gasteiger partial charge in [0.25, 0.3) is 15.9 Å². The number of hydrogen-bond donors (Lipinski definition) is 2. The van der Waals surface area contributed by atoms with Crippen molar-refractivity contribution in [3.8, 4) is 5.75 Å². The normalized spacial score (nSPS) is 17.3. The number of imide groups is 1. The average molecular weight is 552 g/mol. The molecular weight excluding hydrogens is 517 g/mol. The molecule has 11 heteroatoms. The van der Waals surface area contributed by atoms with E-state index in [1.807, 2.05) is 0 Å². The Labute approximate surface area is 247 Å². The van der Waals surface area contributed by atoms with Gasteiger partial charge in [0, 0.05) is 18.2 Å². The molecule has 1 aliphatic carbocycles. The maximum Gasteiger partial charge on any atom is 1.00 e. The van der Waals surface area contributed by atoms with Gasteiger partial charge < -0.3 is 11.5 Å². The molecule has 0 unspecified atom stereocenters. The number of nitrogens with zero attached hydrogens (tertiary/aromatic N) is 1. The van der Waals surface area contributed by atoms with E-state index in [2.05, 4.69) is 10.0 Å². The Balaban J connectivity index is 0.00000267. The molecule has 4 rings (SSSR count). The van der Waals surface area contributed by atoms with Crippen LogP contribution in [0.25, 0.3) is 0 Å². The number of nitrogens with one attached hydrogen (secondary N) is 2. The number of methoxy groups -OCH3 is 1. The second-order valence-electron chi connectivity index (χ2n) is 10.1. The van der Waals surface area contributed by atoms with Gasteiger partial charge in [0.2, 0.25) is 5.91 Å². The quantitative estimate of drug-likeness (QED) is 0.385. The molecule has 200 valence electrons. The first-order chi connectivity index (χ1) is 17.5. The summed E-state index contributed by atoms with van der Waals surface area (Å²) in [4.78, 5) is 39.7. The Morgan fingerprint density at radius 2 is 1.74 bits per heavy atom. The van der Waals surface area contributed by atoms with Crippen molar-refractivity contribution in [1.82, 2.24) is 14.9 Å². The molecular formula is C27H34N3NaO6S. The van der Waals surface area contributed by atoms with Gasteiger partial charge in [-0.2, -0.15) is 0 Å². The van der Waals surface area contributed by atoms with Crippen LogP contribution in [0, 0.1) is 0 Å². The smallest absolute Gasteiger partial charge is 1.00 e. The van der Waals surface area contributed by atoms with E-state index >= 15 is 0 Å². The maximum absolute atomic E-state index is 13.2. The number of sulfonamides is 1. The van der Waals surface area contributed by atoms with E-state index in [0.717, 1.165) is 37.7 Å². The molecule has 2 aromatic rings. The summed E-state index contributed by atoms with van der Waals surface area (Å²) in [7, 11) is -2.51. The molecule has 0 spiro atoms. The molecule has 0 aromatic heterocycles. The molecule has 4 amide bonds. The van der Waals surface area contributed by atoms with Gasteiger partial charge in [0.15, 0.2) is 0 Å². The molecule has 2 aromatic carbocycles. The van der Waals surface area contributed by atoms with Gasteiger partial charge in [0.1, 0.15) is 5.75 Å². The Bertz CT molecular complexity index is 1310. The number of ether oxygens (including phenoxy) is 1. The summed E-state index contributed by atoms with van der Waals surface area (Å²) >= 11 is 0. The Morgan fingerprint density at radius 1 is 1.08 bits per heavy atom. The van der Waals surface area contributed by atoms with Crippen LogP contribution >= 0.6 is 0 Å². The molecule has 38 heavy (non-hydrogen) atoms. The Kier molecular flexibility index (Phi) is 9.67. The average Bonchev–Trinajstić information content (AvgIpc) is 2.88. The van der Waals surface area contributed by atoms with E-state index in [0.29, 0.717) is 23.3 Å². The maximum atomic E-state index is 13.2. The van der Waals surface area contributed by atoms with E-state index in [4.69, 9.17) is 4.74 Å². The largest absolute Gasteiger partial charge is 1.00 e. The number of benzene rings is 2. The van der Waals surface area contributed by atoms with Crippen molar-refractivity contribution in [2.75, 3.05) is 13.7 Å². The van der Waals surface area contributed by atoms with E-state index in [1.165, 1.54) is 24.1 Å². The fraction of sp³-hybridized carbons (Fsp3) is 0.444. The number of fused-ring (bicyclic) bond motifs is 1. The Morgan fingerprint density at radius 3 is 2.37 bits per heavy atom. The number of amides is 4. The summed E-state index contributed by atoms with van der Waals surface area (Å²) in [5, 5.41) is 2.74. The van der Waals surface area contributed by atoms with E-state index < -0.39 is 21.5 Å². The van der Waals surface area contributed by atoms with Crippen molar-refractivity contribution in [3.05, 3.63) is 59.2 Å². The van der Waals surface area contributed by atoms with Crippen LogP contribution in [0.5, 0.6) is 5.75 Å². The van der Waals surface area contributed by atoms with Crippen LogP contribution in [0.3, 0.4) is 0 Å². The molecule has 0 bridgehead atoms. The molecule has 1 heterocycles. The van der Waals surface area contributed by atoms with Crippen LogP contribution in [0.15, 0.2) is 47.4 Å². The van der Waals surface area contributed by atoms with Crippen molar-refractivity contribution in [2.24, 2.45) is 0 Å². The Hall–Kier alpha value is -2.40. The zero-order chi connectivity index (χ0) is 26.8. The topological polar surface area (TPSA) is 122 Å². The van der Waals surface area contributed by atoms with Gasteiger partial charge in [-0.3, -0.25) is 14.5 Å². The van der Waals surface area contributed by atoms with Gasteiger partial charge in [-0.05, 0) is 68.5 Å². The molecule has 1 fully saturated rings. The SMILES string of the molecule is COc1ccc2c(c1)C(=O)N(CCc1ccc(S(=O)(=O)NC(=O)NC3CCCCC3)cc1)C(=O)C2(C)C.[H-].[Na+]. The third-order valence-corrected chi connectivity index (χ3v) is 8.53. The monoisotopic (exact) mass is 551 g/mol. The zero-order valence-corrected chi connectivity index (χ0v) is 25.2. The number of hydrogen-bond acceptors (Lipinski definition) is 6. The van der Waals surface area contributed by atoms with Crippen molar-refractivity contribution >= 4 is 27.9 Å². The van der Waals surface area contributed by atoms with Gasteiger partial charge in [0.05, 0.1) is 17.4 Å². The first-order valence-electron chi connectivity index (χ1n) is 12.5. The van der Waals surface area contributed by atoms with E-state index in [-0.39, 0.29) is 60.3 Å². The summed E-state index contributed by atoms with van der Waals surface area (Å²) in [5.41, 5.74) is 0.967. The van der Waals surface area contributed by atoms with Crippen molar-refractivity contribution in [1.29, 1.82) is 0 Å². The fourth-order valence-electron chi connectivity index (χ4n) is 4.98. The van der Waals surface area contributed by atoms with Crippen LogP contribution in [-0.2, 0) is 26.7 Å². The summed E-state index contributed by atoms with van der Waals surface area (Å²) in [6.45, 7) is 3.72. The predicted molar refractivity (Wildman–Crippen MR) is 139 cm³/mol. The first-order valence-corrected chi connectivity index (χ1v) is 14.0. The van der Waals surface area contributed by atoms with Crippen LogP contribution in [-0.4, -0.2) is 50.9 Å². The second kappa shape index (κ2) is 12.2. The fourth-order valence-corrected chi connectivity index (χ4v) is 5.90. The summed E-state index contributed by atoms with van der Waals surface area (Å²) < 4.78 is 32.6. The number of carbonyl (C=O) groups excluding carboxylic acids is 3. The van der Waals surface area contributed by atoms with Crippen molar-refractivity contribution in [2.45, 2.75) is 68.7 Å². The number of carbonyl (C=O) groups is 3. The van der Waals surface area contributed by atoms with Gasteiger partial charge in [-0.1, -0.05) is 37.5 Å². The molecule has 1 aliphatic heterocycles. The van der Waals surface area contributed by atoms with Crippen molar-refractivity contribution < 1.29 is 58.5 Å². The van der Waals surface area contributed by atoms with Crippen LogP contribution in [0.2, 0.25) is 0 Å². The summed E-state index contributed by atoms with van der Waals surface area (Å²) in [6.07, 6.45) is 5.21. The zero-order valence-electron chi connectivity index (χ0n) is 23.4.